The lowest BCUT2D eigenvalue weighted by Gasteiger charge is -2.11. The van der Waals surface area contributed by atoms with Crippen LogP contribution in [0.1, 0.15) is 5.56 Å². The highest BCUT2D eigenvalue weighted by Crippen LogP contribution is 2.36. The van der Waals surface area contributed by atoms with Crippen LogP contribution in [0.25, 0.3) is 22.3 Å². The van der Waals surface area contributed by atoms with Crippen LogP contribution in [0.15, 0.2) is 30.7 Å². The maximum atomic E-state index is 13.0. The van der Waals surface area contributed by atoms with E-state index in [0.29, 0.717) is 11.8 Å². The van der Waals surface area contributed by atoms with Crippen molar-refractivity contribution in [3.8, 4) is 11.3 Å². The number of fused-ring (bicyclic) bond motifs is 1. The van der Waals surface area contributed by atoms with Gasteiger partial charge in [0.2, 0.25) is 5.28 Å². The molecule has 0 atom stereocenters. The van der Waals surface area contributed by atoms with Gasteiger partial charge in [0.25, 0.3) is 0 Å². The molecule has 0 bridgehead atoms. The second-order valence-electron chi connectivity index (χ2n) is 4.46. The van der Waals surface area contributed by atoms with Crippen molar-refractivity contribution in [2.75, 3.05) is 0 Å². The van der Waals surface area contributed by atoms with Crippen molar-refractivity contribution in [1.82, 2.24) is 19.5 Å². The molecule has 0 amide bonds. The molecule has 8 heteroatoms. The van der Waals surface area contributed by atoms with Gasteiger partial charge in [-0.2, -0.15) is 13.2 Å². The lowest BCUT2D eigenvalue weighted by molar-refractivity contribution is -0.137. The van der Waals surface area contributed by atoms with E-state index in [1.165, 1.54) is 6.20 Å². The Hall–Kier alpha value is -2.15. The SMILES string of the molecule is Cn1ccc2cc(-c3nc(Cl)ncc3C(F)(F)F)cnc21. The molecular weight excluding hydrogens is 305 g/mol. The van der Waals surface area contributed by atoms with Crippen LogP contribution >= 0.6 is 11.6 Å². The standard InChI is InChI=1S/C13H8ClF3N4/c1-21-3-2-7-4-8(5-18-11(7)21)10-9(13(15,16)17)6-19-12(14)20-10/h2-6H,1H3. The van der Waals surface area contributed by atoms with E-state index in [9.17, 15) is 13.2 Å². The number of alkyl halides is 3. The Bertz CT molecular complexity index is 826. The molecule has 0 spiro atoms. The first-order chi connectivity index (χ1) is 9.86. The molecule has 0 radical (unpaired) electrons. The monoisotopic (exact) mass is 312 g/mol. The fraction of sp³-hybridized carbons (Fsp3) is 0.154. The van der Waals surface area contributed by atoms with Gasteiger partial charge in [0.05, 0.1) is 5.69 Å². The Balaban J connectivity index is 2.24. The van der Waals surface area contributed by atoms with Crippen molar-refractivity contribution in [2.45, 2.75) is 6.18 Å². The van der Waals surface area contributed by atoms with Gasteiger partial charge >= 0.3 is 6.18 Å². The second-order valence-corrected chi connectivity index (χ2v) is 4.80. The third-order valence-corrected chi connectivity index (χ3v) is 3.23. The number of rotatable bonds is 1. The zero-order chi connectivity index (χ0) is 15.2. The van der Waals surface area contributed by atoms with Crippen molar-refractivity contribution >= 4 is 22.6 Å². The van der Waals surface area contributed by atoms with Crippen LogP contribution in [-0.2, 0) is 13.2 Å². The summed E-state index contributed by atoms with van der Waals surface area (Å²) in [6.07, 6.45) is -0.763. The minimum atomic E-state index is -4.56. The summed E-state index contributed by atoms with van der Waals surface area (Å²) in [6.45, 7) is 0. The molecule has 0 fully saturated rings. The van der Waals surface area contributed by atoms with Crippen molar-refractivity contribution in [1.29, 1.82) is 0 Å². The Morgan fingerprint density at radius 3 is 2.67 bits per heavy atom. The number of aryl methyl sites for hydroxylation is 1. The average molecular weight is 313 g/mol. The Kier molecular flexibility index (Phi) is 3.09. The highest BCUT2D eigenvalue weighted by Gasteiger charge is 2.35. The number of nitrogens with zero attached hydrogens (tertiary/aromatic N) is 4. The van der Waals surface area contributed by atoms with Gasteiger partial charge < -0.3 is 4.57 Å². The lowest BCUT2D eigenvalue weighted by atomic mass is 10.1. The maximum Gasteiger partial charge on any atom is 0.419 e. The van der Waals surface area contributed by atoms with Gasteiger partial charge in [0, 0.05) is 36.6 Å². The van der Waals surface area contributed by atoms with Gasteiger partial charge in [-0.15, -0.1) is 0 Å². The third-order valence-electron chi connectivity index (χ3n) is 3.05. The van der Waals surface area contributed by atoms with E-state index >= 15 is 0 Å². The van der Waals surface area contributed by atoms with E-state index in [-0.39, 0.29) is 16.5 Å². The summed E-state index contributed by atoms with van der Waals surface area (Å²) in [5.41, 5.74) is -0.303. The summed E-state index contributed by atoms with van der Waals surface area (Å²) in [6, 6.07) is 3.36. The molecule has 0 unspecified atom stereocenters. The molecular formula is C13H8ClF3N4. The first-order valence-electron chi connectivity index (χ1n) is 5.87. The molecule has 0 aliphatic carbocycles. The van der Waals surface area contributed by atoms with Crippen LogP contribution in [0.3, 0.4) is 0 Å². The first-order valence-corrected chi connectivity index (χ1v) is 6.25. The van der Waals surface area contributed by atoms with E-state index in [1.54, 1.807) is 29.9 Å². The number of aromatic nitrogens is 4. The highest BCUT2D eigenvalue weighted by atomic mass is 35.5. The van der Waals surface area contributed by atoms with Crippen molar-refractivity contribution in [3.05, 3.63) is 41.6 Å². The van der Waals surface area contributed by atoms with Gasteiger partial charge in [-0.1, -0.05) is 0 Å². The summed E-state index contributed by atoms with van der Waals surface area (Å²) >= 11 is 5.63. The second kappa shape index (κ2) is 4.70. The summed E-state index contributed by atoms with van der Waals surface area (Å²) in [5.74, 6) is 0. The zero-order valence-electron chi connectivity index (χ0n) is 10.7. The highest BCUT2D eigenvalue weighted by molar-refractivity contribution is 6.28. The summed E-state index contributed by atoms with van der Waals surface area (Å²) < 4.78 is 40.9. The van der Waals surface area contributed by atoms with E-state index in [2.05, 4.69) is 15.0 Å². The predicted octanol–water partition coefficient (Wildman–Crippen LogP) is 3.70. The van der Waals surface area contributed by atoms with E-state index in [4.69, 9.17) is 11.6 Å². The molecule has 0 aliphatic heterocycles. The predicted molar refractivity (Wildman–Crippen MR) is 71.8 cm³/mol. The molecule has 0 saturated heterocycles. The third kappa shape index (κ3) is 2.44. The fourth-order valence-corrected chi connectivity index (χ4v) is 2.21. The molecule has 3 rings (SSSR count). The van der Waals surface area contributed by atoms with Crippen LogP contribution < -0.4 is 0 Å². The van der Waals surface area contributed by atoms with Gasteiger partial charge in [-0.05, 0) is 23.7 Å². The number of hydrogen-bond donors (Lipinski definition) is 0. The van der Waals surface area contributed by atoms with E-state index in [1.807, 2.05) is 0 Å². The quantitative estimate of drug-likeness (QED) is 0.643. The van der Waals surface area contributed by atoms with E-state index in [0.717, 1.165) is 5.39 Å². The molecule has 0 aliphatic rings. The molecule has 0 N–H and O–H groups in total. The summed E-state index contributed by atoms with van der Waals surface area (Å²) in [4.78, 5) is 11.3. The molecule has 3 aromatic heterocycles. The zero-order valence-corrected chi connectivity index (χ0v) is 11.4. The van der Waals surface area contributed by atoms with E-state index < -0.39 is 11.7 Å². The Labute approximate surface area is 122 Å². The molecule has 3 heterocycles. The topological polar surface area (TPSA) is 43.6 Å². The van der Waals surface area contributed by atoms with Gasteiger partial charge in [0.1, 0.15) is 11.2 Å². The Morgan fingerprint density at radius 1 is 1.19 bits per heavy atom. The summed E-state index contributed by atoms with van der Waals surface area (Å²) in [5, 5.41) is 0.476. The van der Waals surface area contributed by atoms with Crippen LogP contribution in [0, 0.1) is 0 Å². The molecule has 108 valence electrons. The van der Waals surface area contributed by atoms with Crippen LogP contribution in [0.5, 0.6) is 0 Å². The summed E-state index contributed by atoms with van der Waals surface area (Å²) in [7, 11) is 1.80. The Morgan fingerprint density at radius 2 is 1.95 bits per heavy atom. The molecule has 0 saturated carbocycles. The average Bonchev–Trinajstić information content (AvgIpc) is 2.78. The minimum absolute atomic E-state index is 0.241. The smallest absolute Gasteiger partial charge is 0.336 e. The number of hydrogen-bond acceptors (Lipinski definition) is 3. The molecule has 4 nitrogen and oxygen atoms in total. The van der Waals surface area contributed by atoms with Crippen molar-refractivity contribution in [3.63, 3.8) is 0 Å². The van der Waals surface area contributed by atoms with Crippen LogP contribution in [-0.4, -0.2) is 19.5 Å². The largest absolute Gasteiger partial charge is 0.419 e. The van der Waals surface area contributed by atoms with Crippen LogP contribution in [0.4, 0.5) is 13.2 Å². The van der Waals surface area contributed by atoms with Crippen LogP contribution in [0.2, 0.25) is 5.28 Å². The normalized spacial score (nSPS) is 12.0. The molecule has 21 heavy (non-hydrogen) atoms. The number of halogens is 4. The lowest BCUT2D eigenvalue weighted by Crippen LogP contribution is -2.09. The van der Waals surface area contributed by atoms with Gasteiger partial charge in [-0.3, -0.25) is 0 Å². The van der Waals surface area contributed by atoms with Crippen molar-refractivity contribution in [2.24, 2.45) is 7.05 Å². The van der Waals surface area contributed by atoms with Gasteiger partial charge in [-0.25, -0.2) is 15.0 Å². The molecule has 3 aromatic rings. The van der Waals surface area contributed by atoms with Gasteiger partial charge in [0.15, 0.2) is 0 Å². The molecule has 0 aromatic carbocycles. The minimum Gasteiger partial charge on any atom is -0.336 e. The van der Waals surface area contributed by atoms with Crippen molar-refractivity contribution < 1.29 is 13.2 Å². The number of pyridine rings is 1. The first kappa shape index (κ1) is 13.8. The maximum absolute atomic E-state index is 13.0. The fourth-order valence-electron chi connectivity index (χ4n) is 2.07.